The smallest absolute Gasteiger partial charge is 0.270 e. The van der Waals surface area contributed by atoms with Gasteiger partial charge in [0.1, 0.15) is 5.71 Å². The number of carbonyl (C=O) groups excluding carboxylic acids is 2. The Morgan fingerprint density at radius 2 is 1.55 bits per heavy atom. The van der Waals surface area contributed by atoms with Gasteiger partial charge in [-0.15, -0.1) is 0 Å². The summed E-state index contributed by atoms with van der Waals surface area (Å²) in [7, 11) is -3.58. The Balaban J connectivity index is 1.45. The van der Waals surface area contributed by atoms with Crippen LogP contribution in [0.25, 0.3) is 0 Å². The summed E-state index contributed by atoms with van der Waals surface area (Å²) in [5, 5.41) is 5.58. The lowest BCUT2D eigenvalue weighted by atomic mass is 10.1. The molecule has 2 heterocycles. The molecule has 4 rings (SSSR count). The number of benzene rings is 2. The van der Waals surface area contributed by atoms with Crippen LogP contribution >= 0.6 is 15.9 Å². The van der Waals surface area contributed by atoms with Crippen LogP contribution in [0, 0.1) is 0 Å². The molecule has 0 aromatic heterocycles. The van der Waals surface area contributed by atoms with Crippen molar-refractivity contribution in [3.8, 4) is 0 Å². The van der Waals surface area contributed by atoms with E-state index in [-0.39, 0.29) is 55.7 Å². The fourth-order valence-electron chi connectivity index (χ4n) is 3.55. The summed E-state index contributed by atoms with van der Waals surface area (Å²) < 4.78 is 27.8. The average molecular weight is 505 g/mol. The van der Waals surface area contributed by atoms with Crippen molar-refractivity contribution in [3.63, 3.8) is 0 Å². The molecule has 2 aliphatic rings. The molecule has 0 spiro atoms. The molecule has 10 heteroatoms. The second-order valence-electron chi connectivity index (χ2n) is 7.24. The predicted octanol–water partition coefficient (Wildman–Crippen LogP) is 2.47. The molecule has 8 nitrogen and oxygen atoms in total. The molecule has 1 saturated heterocycles. The summed E-state index contributed by atoms with van der Waals surface area (Å²) in [6, 6.07) is 15.4. The topological polar surface area (TPSA) is 90.4 Å². The van der Waals surface area contributed by atoms with Crippen LogP contribution in [0.3, 0.4) is 0 Å². The maximum atomic E-state index is 13.0. The Labute approximate surface area is 189 Å². The molecule has 2 aromatic rings. The fraction of sp³-hybridized carbons (Fsp3) is 0.286. The van der Waals surface area contributed by atoms with Gasteiger partial charge in [0.15, 0.2) is 0 Å². The summed E-state index contributed by atoms with van der Waals surface area (Å²) in [5.74, 6) is -0.427. The van der Waals surface area contributed by atoms with Crippen molar-refractivity contribution in [1.82, 2.24) is 9.21 Å². The van der Waals surface area contributed by atoms with Gasteiger partial charge in [0.05, 0.1) is 10.6 Å². The highest BCUT2D eigenvalue weighted by molar-refractivity contribution is 9.10. The van der Waals surface area contributed by atoms with Crippen LogP contribution in [-0.2, 0) is 19.6 Å². The van der Waals surface area contributed by atoms with E-state index >= 15 is 0 Å². The van der Waals surface area contributed by atoms with Crippen LogP contribution in [0.15, 0.2) is 69.1 Å². The van der Waals surface area contributed by atoms with Crippen molar-refractivity contribution in [3.05, 3.63) is 59.1 Å². The van der Waals surface area contributed by atoms with Gasteiger partial charge < -0.3 is 4.90 Å². The second kappa shape index (κ2) is 8.89. The molecule has 2 amide bonds. The van der Waals surface area contributed by atoms with Gasteiger partial charge in [0.2, 0.25) is 15.9 Å². The normalized spacial score (nSPS) is 18.1. The summed E-state index contributed by atoms with van der Waals surface area (Å²) in [5.41, 5.74) is 0.902. The molecule has 0 atom stereocenters. The first kappa shape index (κ1) is 21.7. The van der Waals surface area contributed by atoms with E-state index in [1.54, 1.807) is 59.5 Å². The largest absolute Gasteiger partial charge is 0.335 e. The van der Waals surface area contributed by atoms with E-state index in [1.165, 1.54) is 9.31 Å². The van der Waals surface area contributed by atoms with Gasteiger partial charge in [0, 0.05) is 43.5 Å². The molecule has 162 valence electrons. The Hall–Kier alpha value is -2.56. The number of sulfonamides is 1. The quantitative estimate of drug-likeness (QED) is 0.639. The lowest BCUT2D eigenvalue weighted by Crippen LogP contribution is -2.52. The molecule has 0 saturated carbocycles. The van der Waals surface area contributed by atoms with E-state index in [2.05, 4.69) is 21.0 Å². The predicted molar refractivity (Wildman–Crippen MR) is 120 cm³/mol. The second-order valence-corrected chi connectivity index (χ2v) is 10.1. The standard InChI is InChI=1S/C21H21BrN4O4S/c22-16-6-8-17(9-7-16)26-20(27)11-10-19(23-26)21(28)24-12-14-25(15-13-24)31(29,30)18-4-2-1-3-5-18/h1-9H,10-15H2. The van der Waals surface area contributed by atoms with E-state index in [9.17, 15) is 18.0 Å². The van der Waals surface area contributed by atoms with E-state index < -0.39 is 10.0 Å². The first-order valence-corrected chi connectivity index (χ1v) is 12.1. The molecular weight excluding hydrogens is 484 g/mol. The minimum absolute atomic E-state index is 0.169. The van der Waals surface area contributed by atoms with Gasteiger partial charge in [-0.2, -0.15) is 9.41 Å². The van der Waals surface area contributed by atoms with Crippen LogP contribution in [-0.4, -0.2) is 61.3 Å². The molecule has 2 aliphatic heterocycles. The highest BCUT2D eigenvalue weighted by Gasteiger charge is 2.33. The molecule has 2 aromatic carbocycles. The average Bonchev–Trinajstić information content (AvgIpc) is 2.80. The minimum atomic E-state index is -3.58. The lowest BCUT2D eigenvalue weighted by molar-refractivity contribution is -0.125. The minimum Gasteiger partial charge on any atom is -0.335 e. The van der Waals surface area contributed by atoms with E-state index in [1.807, 2.05) is 0 Å². The van der Waals surface area contributed by atoms with Crippen LogP contribution in [0.1, 0.15) is 12.8 Å². The van der Waals surface area contributed by atoms with E-state index in [0.717, 1.165) is 4.47 Å². The number of halogens is 1. The number of carbonyl (C=O) groups is 2. The summed E-state index contributed by atoms with van der Waals surface area (Å²) in [4.78, 5) is 27.2. The van der Waals surface area contributed by atoms with Crippen molar-refractivity contribution in [2.24, 2.45) is 5.10 Å². The third kappa shape index (κ3) is 4.56. The van der Waals surface area contributed by atoms with Gasteiger partial charge in [-0.1, -0.05) is 34.1 Å². The van der Waals surface area contributed by atoms with Crippen LogP contribution < -0.4 is 5.01 Å². The number of piperazine rings is 1. The van der Waals surface area contributed by atoms with Crippen molar-refractivity contribution in [2.45, 2.75) is 17.7 Å². The number of rotatable bonds is 4. The highest BCUT2D eigenvalue weighted by atomic mass is 79.9. The van der Waals surface area contributed by atoms with Gasteiger partial charge in [-0.25, -0.2) is 13.4 Å². The number of hydrogen-bond acceptors (Lipinski definition) is 5. The summed E-state index contributed by atoms with van der Waals surface area (Å²) in [6.07, 6.45) is 0.468. The third-order valence-corrected chi connectivity index (χ3v) is 7.70. The Kier molecular flexibility index (Phi) is 6.22. The van der Waals surface area contributed by atoms with Gasteiger partial charge >= 0.3 is 0 Å². The number of anilines is 1. The zero-order valence-corrected chi connectivity index (χ0v) is 19.0. The molecule has 0 radical (unpaired) electrons. The Morgan fingerprint density at radius 1 is 0.903 bits per heavy atom. The highest BCUT2D eigenvalue weighted by Crippen LogP contribution is 2.23. The summed E-state index contributed by atoms with van der Waals surface area (Å²) >= 11 is 3.36. The SMILES string of the molecule is O=C(C1=NN(c2ccc(Br)cc2)C(=O)CC1)N1CCN(S(=O)(=O)c2ccccc2)CC1. The van der Waals surface area contributed by atoms with Crippen LogP contribution in [0.2, 0.25) is 0 Å². The molecular formula is C21H21BrN4O4S. The molecule has 0 N–H and O–H groups in total. The summed E-state index contributed by atoms with van der Waals surface area (Å²) in [6.45, 7) is 0.976. The fourth-order valence-corrected chi connectivity index (χ4v) is 5.25. The third-order valence-electron chi connectivity index (χ3n) is 5.26. The van der Waals surface area contributed by atoms with E-state index in [4.69, 9.17) is 0 Å². The first-order chi connectivity index (χ1) is 14.9. The molecule has 0 bridgehead atoms. The number of nitrogens with zero attached hydrogens (tertiary/aromatic N) is 4. The van der Waals surface area contributed by atoms with Crippen molar-refractivity contribution in [1.29, 1.82) is 0 Å². The van der Waals surface area contributed by atoms with Crippen LogP contribution in [0.4, 0.5) is 5.69 Å². The van der Waals surface area contributed by atoms with Gasteiger partial charge in [-0.3, -0.25) is 9.59 Å². The molecule has 1 fully saturated rings. The van der Waals surface area contributed by atoms with Gasteiger partial charge in [0.25, 0.3) is 5.91 Å². The molecule has 0 unspecified atom stereocenters. The number of hydrazone groups is 1. The Morgan fingerprint density at radius 3 is 2.19 bits per heavy atom. The van der Waals surface area contributed by atoms with Crippen molar-refractivity contribution < 1.29 is 18.0 Å². The van der Waals surface area contributed by atoms with Gasteiger partial charge in [-0.05, 0) is 36.4 Å². The van der Waals surface area contributed by atoms with Crippen LogP contribution in [0.5, 0.6) is 0 Å². The van der Waals surface area contributed by atoms with Crippen molar-refractivity contribution in [2.75, 3.05) is 31.2 Å². The van der Waals surface area contributed by atoms with Crippen molar-refractivity contribution >= 4 is 49.2 Å². The zero-order valence-electron chi connectivity index (χ0n) is 16.6. The first-order valence-electron chi connectivity index (χ1n) is 9.87. The molecule has 0 aliphatic carbocycles. The Bertz CT molecular complexity index is 1110. The monoisotopic (exact) mass is 504 g/mol. The molecule has 31 heavy (non-hydrogen) atoms. The zero-order chi connectivity index (χ0) is 22.0. The number of amides is 2. The number of hydrogen-bond donors (Lipinski definition) is 0. The lowest BCUT2D eigenvalue weighted by Gasteiger charge is -2.35. The maximum Gasteiger partial charge on any atom is 0.270 e. The van der Waals surface area contributed by atoms with E-state index in [0.29, 0.717) is 11.4 Å². The maximum absolute atomic E-state index is 13.0.